The standard InChI is InChI=1S/C48H58N4O6Si/c1-48(2,3)59(38-25-14-7-15-26-38,39-27-16-8-17-28-39)58-34-37(53)24-13-6-18-29-40-44(54)50-41(32-35-20-9-4-10-21-35)45(55)51-42(33-36-22-11-5-12-23-36)47(57)52-31-19-30-43(52)46(56)49-40/h4-5,7-12,14-17,20-23,25-28,40-43H,6,13,18-19,24,29-34H2,1-3H3,(H,49,56)(H,50,54)(H,51,55)/t40-,41-,42-,43+/m0/s1. The number of nitrogens with zero attached hydrogens (tertiary/aromatic N) is 1. The first kappa shape index (κ1) is 43.2. The van der Waals surface area contributed by atoms with Gasteiger partial charge >= 0.3 is 0 Å². The number of Topliss-reactive ketones (excluding diaryl/α,β-unsaturated/α-hetero) is 1. The highest BCUT2D eigenvalue weighted by molar-refractivity contribution is 6.99. The minimum absolute atomic E-state index is 0.00203. The fourth-order valence-electron chi connectivity index (χ4n) is 8.56. The van der Waals surface area contributed by atoms with Crippen LogP contribution in [-0.2, 0) is 41.2 Å². The van der Waals surface area contributed by atoms with Crippen LogP contribution in [0.1, 0.15) is 76.8 Å². The van der Waals surface area contributed by atoms with Gasteiger partial charge < -0.3 is 25.3 Å². The van der Waals surface area contributed by atoms with Gasteiger partial charge in [0.25, 0.3) is 8.32 Å². The van der Waals surface area contributed by atoms with Crippen molar-refractivity contribution in [1.29, 1.82) is 0 Å². The molecule has 0 aliphatic carbocycles. The maximum absolute atomic E-state index is 14.2. The average molecular weight is 815 g/mol. The number of nitrogens with one attached hydrogen (secondary N) is 3. The Balaban J connectivity index is 1.12. The normalized spacial score (nSPS) is 20.4. The van der Waals surface area contributed by atoms with Gasteiger partial charge in [-0.2, -0.15) is 0 Å². The summed E-state index contributed by atoms with van der Waals surface area (Å²) >= 11 is 0. The van der Waals surface area contributed by atoms with E-state index in [1.54, 1.807) is 4.90 Å². The van der Waals surface area contributed by atoms with Crippen LogP contribution in [0.2, 0.25) is 5.04 Å². The van der Waals surface area contributed by atoms with E-state index in [9.17, 15) is 24.0 Å². The molecule has 0 spiro atoms. The highest BCUT2D eigenvalue weighted by Crippen LogP contribution is 2.36. The molecule has 2 aliphatic rings. The maximum Gasteiger partial charge on any atom is 0.261 e. The summed E-state index contributed by atoms with van der Waals surface area (Å²) < 4.78 is 6.84. The first-order valence-corrected chi connectivity index (χ1v) is 22.9. The van der Waals surface area contributed by atoms with Crippen molar-refractivity contribution in [3.8, 4) is 0 Å². The summed E-state index contributed by atoms with van der Waals surface area (Å²) in [5.74, 6) is -1.60. The minimum Gasteiger partial charge on any atom is -0.400 e. The molecule has 310 valence electrons. The quantitative estimate of drug-likeness (QED) is 0.114. The first-order chi connectivity index (χ1) is 28.5. The van der Waals surface area contributed by atoms with Gasteiger partial charge in [0, 0.05) is 25.8 Å². The van der Waals surface area contributed by atoms with Crippen molar-refractivity contribution in [2.24, 2.45) is 0 Å². The first-order valence-electron chi connectivity index (χ1n) is 21.0. The molecule has 0 saturated carbocycles. The molecule has 59 heavy (non-hydrogen) atoms. The van der Waals surface area contributed by atoms with Gasteiger partial charge in [0.05, 0.1) is 6.61 Å². The van der Waals surface area contributed by atoms with Crippen molar-refractivity contribution >= 4 is 48.1 Å². The Hall–Kier alpha value is -5.39. The number of hydrogen-bond donors (Lipinski definition) is 3. The maximum atomic E-state index is 14.2. The molecule has 0 radical (unpaired) electrons. The smallest absolute Gasteiger partial charge is 0.261 e. The number of hydrogen-bond acceptors (Lipinski definition) is 6. The van der Waals surface area contributed by atoms with E-state index < -0.39 is 44.3 Å². The molecule has 11 heteroatoms. The summed E-state index contributed by atoms with van der Waals surface area (Å²) in [6, 6.07) is 35.7. The lowest BCUT2D eigenvalue weighted by atomic mass is 10.00. The monoisotopic (exact) mass is 814 g/mol. The van der Waals surface area contributed by atoms with Crippen LogP contribution in [0.25, 0.3) is 0 Å². The summed E-state index contributed by atoms with van der Waals surface area (Å²) in [6.45, 7) is 6.94. The zero-order valence-electron chi connectivity index (χ0n) is 34.5. The highest BCUT2D eigenvalue weighted by atomic mass is 28.4. The van der Waals surface area contributed by atoms with Gasteiger partial charge in [-0.1, -0.05) is 155 Å². The van der Waals surface area contributed by atoms with E-state index in [1.807, 2.05) is 97.1 Å². The van der Waals surface area contributed by atoms with E-state index in [2.05, 4.69) is 61.0 Å². The Labute approximate surface area is 349 Å². The van der Waals surface area contributed by atoms with Crippen molar-refractivity contribution in [3.63, 3.8) is 0 Å². The zero-order chi connectivity index (χ0) is 41.8. The van der Waals surface area contributed by atoms with Crippen molar-refractivity contribution in [2.45, 2.75) is 108 Å². The number of rotatable bonds is 15. The molecule has 2 fully saturated rings. The minimum atomic E-state index is -2.86. The number of ketones is 1. The molecule has 4 atom stereocenters. The fourth-order valence-corrected chi connectivity index (χ4v) is 13.1. The molecule has 2 aliphatic heterocycles. The lowest BCUT2D eigenvalue weighted by Crippen LogP contribution is -2.67. The van der Waals surface area contributed by atoms with Crippen LogP contribution in [0, 0.1) is 0 Å². The number of benzene rings is 4. The molecule has 0 aromatic heterocycles. The van der Waals surface area contributed by atoms with Gasteiger partial charge in [0.2, 0.25) is 23.6 Å². The van der Waals surface area contributed by atoms with E-state index in [1.165, 1.54) is 0 Å². The number of carbonyl (C=O) groups is 5. The predicted octanol–water partition coefficient (Wildman–Crippen LogP) is 5.03. The molecule has 2 heterocycles. The molecular formula is C48H58N4O6Si. The van der Waals surface area contributed by atoms with Gasteiger partial charge in [0.1, 0.15) is 24.2 Å². The van der Waals surface area contributed by atoms with E-state index in [0.717, 1.165) is 21.5 Å². The van der Waals surface area contributed by atoms with Gasteiger partial charge in [0.15, 0.2) is 5.78 Å². The number of unbranched alkanes of at least 4 members (excludes halogenated alkanes) is 2. The third-order valence-electron chi connectivity index (χ3n) is 11.6. The highest BCUT2D eigenvalue weighted by Gasteiger charge is 2.50. The van der Waals surface area contributed by atoms with Crippen molar-refractivity contribution in [3.05, 3.63) is 132 Å². The second-order valence-corrected chi connectivity index (χ2v) is 21.1. The van der Waals surface area contributed by atoms with Crippen LogP contribution in [-0.4, -0.2) is 79.9 Å². The van der Waals surface area contributed by atoms with E-state index in [-0.39, 0.29) is 42.1 Å². The molecular weight excluding hydrogens is 757 g/mol. The van der Waals surface area contributed by atoms with Crippen LogP contribution >= 0.6 is 0 Å². The molecule has 10 nitrogen and oxygen atoms in total. The summed E-state index contributed by atoms with van der Waals surface area (Å²) in [6.07, 6.45) is 3.98. The molecule has 2 saturated heterocycles. The molecule has 4 aromatic carbocycles. The second kappa shape index (κ2) is 20.0. The largest absolute Gasteiger partial charge is 0.400 e. The van der Waals surface area contributed by atoms with E-state index in [0.29, 0.717) is 51.5 Å². The number of amides is 4. The summed E-state index contributed by atoms with van der Waals surface area (Å²) in [5, 5.41) is 10.8. The number of carbonyl (C=O) groups excluding carboxylic acids is 5. The van der Waals surface area contributed by atoms with E-state index >= 15 is 0 Å². The summed E-state index contributed by atoms with van der Waals surface area (Å²) in [7, 11) is -2.86. The third kappa shape index (κ3) is 10.8. The van der Waals surface area contributed by atoms with Crippen LogP contribution in [0.5, 0.6) is 0 Å². The van der Waals surface area contributed by atoms with Gasteiger partial charge in [-0.25, -0.2) is 0 Å². The topological polar surface area (TPSA) is 134 Å². The van der Waals surface area contributed by atoms with Crippen LogP contribution in [0.4, 0.5) is 0 Å². The van der Waals surface area contributed by atoms with Crippen molar-refractivity contribution < 1.29 is 28.4 Å². The Morgan fingerprint density at radius 3 is 1.69 bits per heavy atom. The van der Waals surface area contributed by atoms with Gasteiger partial charge in [-0.05, 0) is 52.2 Å². The fraction of sp³-hybridized carbons (Fsp3) is 0.396. The molecule has 3 N–H and O–H groups in total. The average Bonchev–Trinajstić information content (AvgIpc) is 3.74. The summed E-state index contributed by atoms with van der Waals surface area (Å²) in [5.41, 5.74) is 1.71. The lowest BCUT2D eigenvalue weighted by molar-refractivity contribution is -0.143. The third-order valence-corrected chi connectivity index (χ3v) is 16.6. The Morgan fingerprint density at radius 2 is 1.14 bits per heavy atom. The van der Waals surface area contributed by atoms with E-state index in [4.69, 9.17) is 4.43 Å². The van der Waals surface area contributed by atoms with Crippen molar-refractivity contribution in [2.75, 3.05) is 13.2 Å². The van der Waals surface area contributed by atoms with Crippen LogP contribution in [0.15, 0.2) is 121 Å². The van der Waals surface area contributed by atoms with Crippen LogP contribution < -0.4 is 26.3 Å². The van der Waals surface area contributed by atoms with Crippen LogP contribution in [0.3, 0.4) is 0 Å². The molecule has 6 rings (SSSR count). The molecule has 4 amide bonds. The Morgan fingerprint density at radius 1 is 0.644 bits per heavy atom. The molecule has 0 bridgehead atoms. The SMILES string of the molecule is CC(C)(C)[Si](OCC(=O)CCCCC[C@@H]1NC(=O)[C@H]2CCCN2C(=O)[C@H](Cc2ccccc2)NC(=O)[C@H](Cc2ccccc2)NC1=O)(c1ccccc1)c1ccccc1. The summed E-state index contributed by atoms with van der Waals surface area (Å²) in [4.78, 5) is 71.2. The van der Waals surface area contributed by atoms with Gasteiger partial charge in [-0.15, -0.1) is 0 Å². The Bertz CT molecular complexity index is 1990. The Kier molecular flexibility index (Phi) is 14.7. The second-order valence-electron chi connectivity index (χ2n) is 16.8. The predicted molar refractivity (Wildman–Crippen MR) is 232 cm³/mol. The molecule has 4 aromatic rings. The van der Waals surface area contributed by atoms with Crippen molar-refractivity contribution in [1.82, 2.24) is 20.9 Å². The molecule has 0 unspecified atom stereocenters. The zero-order valence-corrected chi connectivity index (χ0v) is 35.5. The number of fused-ring (bicyclic) bond motifs is 1. The van der Waals surface area contributed by atoms with Gasteiger partial charge in [-0.3, -0.25) is 24.0 Å². The lowest BCUT2D eigenvalue weighted by Gasteiger charge is -2.42.